The zero-order valence-electron chi connectivity index (χ0n) is 15.8. The van der Waals surface area contributed by atoms with Crippen molar-refractivity contribution in [2.75, 3.05) is 20.3 Å². The van der Waals surface area contributed by atoms with Crippen LogP contribution in [0.1, 0.15) is 16.7 Å². The molecule has 3 aromatic rings. The van der Waals surface area contributed by atoms with E-state index in [1.807, 2.05) is 30.3 Å². The summed E-state index contributed by atoms with van der Waals surface area (Å²) >= 11 is 0. The van der Waals surface area contributed by atoms with Crippen molar-refractivity contribution in [3.05, 3.63) is 53.1 Å². The average molecular weight is 362 g/mol. The van der Waals surface area contributed by atoms with Gasteiger partial charge in [-0.05, 0) is 54.8 Å². The SMILES string of the molecule is CNC(=O)Cc1ccc2c(C)cc(-c3cc4c(cc3C)OCCO4)nc2c1. The van der Waals surface area contributed by atoms with Crippen LogP contribution in [0.2, 0.25) is 0 Å². The number of carbonyl (C=O) groups excluding carboxylic acids is 1. The molecule has 2 aromatic carbocycles. The lowest BCUT2D eigenvalue weighted by Crippen LogP contribution is -2.19. The fourth-order valence-corrected chi connectivity index (χ4v) is 3.44. The number of fused-ring (bicyclic) bond motifs is 2. The molecular weight excluding hydrogens is 340 g/mol. The number of rotatable bonds is 3. The minimum absolute atomic E-state index is 0.00935. The minimum atomic E-state index is -0.00935. The third-order valence-electron chi connectivity index (χ3n) is 4.89. The number of ether oxygens (including phenoxy) is 2. The van der Waals surface area contributed by atoms with Crippen LogP contribution in [-0.4, -0.2) is 31.2 Å². The Balaban J connectivity index is 1.81. The summed E-state index contributed by atoms with van der Waals surface area (Å²) in [6.07, 6.45) is 0.348. The molecule has 0 spiro atoms. The van der Waals surface area contributed by atoms with Gasteiger partial charge >= 0.3 is 0 Å². The fourth-order valence-electron chi connectivity index (χ4n) is 3.44. The molecular formula is C22H22N2O3. The lowest BCUT2D eigenvalue weighted by Gasteiger charge is -2.20. The molecule has 1 aromatic heterocycles. The molecule has 0 radical (unpaired) electrons. The maximum atomic E-state index is 11.7. The molecule has 27 heavy (non-hydrogen) atoms. The monoisotopic (exact) mass is 362 g/mol. The number of pyridine rings is 1. The third-order valence-corrected chi connectivity index (χ3v) is 4.89. The molecule has 138 valence electrons. The molecule has 1 aliphatic rings. The Bertz CT molecular complexity index is 1040. The number of benzene rings is 2. The summed E-state index contributed by atoms with van der Waals surface area (Å²) in [5.41, 5.74) is 6.00. The Kier molecular flexibility index (Phi) is 4.44. The van der Waals surface area contributed by atoms with Gasteiger partial charge in [-0.2, -0.15) is 0 Å². The minimum Gasteiger partial charge on any atom is -0.486 e. The van der Waals surface area contributed by atoms with E-state index in [4.69, 9.17) is 14.5 Å². The van der Waals surface area contributed by atoms with Gasteiger partial charge in [0, 0.05) is 18.0 Å². The Morgan fingerprint density at radius 1 is 1.04 bits per heavy atom. The summed E-state index contributed by atoms with van der Waals surface area (Å²) in [6, 6.07) is 12.1. The number of likely N-dealkylation sites (N-methyl/N-ethyl adjacent to an activating group) is 1. The molecule has 1 aliphatic heterocycles. The number of aromatic nitrogens is 1. The van der Waals surface area contributed by atoms with Gasteiger partial charge in [0.05, 0.1) is 17.6 Å². The van der Waals surface area contributed by atoms with E-state index in [1.54, 1.807) is 7.05 Å². The van der Waals surface area contributed by atoms with Gasteiger partial charge in [-0.15, -0.1) is 0 Å². The highest BCUT2D eigenvalue weighted by molar-refractivity contribution is 5.87. The first-order valence-corrected chi connectivity index (χ1v) is 9.06. The lowest BCUT2D eigenvalue weighted by atomic mass is 9.99. The Labute approximate surface area is 158 Å². The van der Waals surface area contributed by atoms with Gasteiger partial charge in [-0.25, -0.2) is 4.98 Å². The lowest BCUT2D eigenvalue weighted by molar-refractivity contribution is -0.119. The van der Waals surface area contributed by atoms with Crippen LogP contribution in [0.4, 0.5) is 0 Å². The van der Waals surface area contributed by atoms with Crippen molar-refractivity contribution in [2.24, 2.45) is 0 Å². The van der Waals surface area contributed by atoms with Crippen LogP contribution >= 0.6 is 0 Å². The first-order valence-electron chi connectivity index (χ1n) is 9.06. The van der Waals surface area contributed by atoms with Crippen molar-refractivity contribution >= 4 is 16.8 Å². The molecule has 0 unspecified atom stereocenters. The van der Waals surface area contributed by atoms with E-state index < -0.39 is 0 Å². The molecule has 5 heteroatoms. The molecule has 1 N–H and O–H groups in total. The molecule has 0 bridgehead atoms. The highest BCUT2D eigenvalue weighted by Gasteiger charge is 2.16. The predicted molar refractivity (Wildman–Crippen MR) is 105 cm³/mol. The number of aryl methyl sites for hydroxylation is 2. The van der Waals surface area contributed by atoms with Crippen LogP contribution in [0, 0.1) is 13.8 Å². The second kappa shape index (κ2) is 6.91. The van der Waals surface area contributed by atoms with Gasteiger partial charge < -0.3 is 14.8 Å². The summed E-state index contributed by atoms with van der Waals surface area (Å²) in [5.74, 6) is 1.53. The summed E-state index contributed by atoms with van der Waals surface area (Å²) in [5, 5.41) is 3.75. The largest absolute Gasteiger partial charge is 0.486 e. The van der Waals surface area contributed by atoms with Crippen LogP contribution < -0.4 is 14.8 Å². The van der Waals surface area contributed by atoms with Crippen molar-refractivity contribution < 1.29 is 14.3 Å². The van der Waals surface area contributed by atoms with Crippen molar-refractivity contribution in [3.63, 3.8) is 0 Å². The van der Waals surface area contributed by atoms with Crippen molar-refractivity contribution in [1.29, 1.82) is 0 Å². The molecule has 2 heterocycles. The number of carbonyl (C=O) groups is 1. The van der Waals surface area contributed by atoms with Crippen molar-refractivity contribution in [1.82, 2.24) is 10.3 Å². The summed E-state index contributed by atoms with van der Waals surface area (Å²) in [6.45, 7) is 5.27. The van der Waals surface area contributed by atoms with E-state index in [2.05, 4.69) is 25.2 Å². The first-order chi connectivity index (χ1) is 13.0. The smallest absolute Gasteiger partial charge is 0.224 e. The third kappa shape index (κ3) is 3.33. The Morgan fingerprint density at radius 2 is 1.78 bits per heavy atom. The predicted octanol–water partition coefficient (Wildman–Crippen LogP) is 3.58. The van der Waals surface area contributed by atoms with Gasteiger partial charge in [-0.1, -0.05) is 12.1 Å². The number of hydrogen-bond donors (Lipinski definition) is 1. The maximum Gasteiger partial charge on any atom is 0.224 e. The van der Waals surface area contributed by atoms with Crippen LogP contribution in [0.15, 0.2) is 36.4 Å². The normalized spacial score (nSPS) is 12.9. The van der Waals surface area contributed by atoms with Gasteiger partial charge in [0.1, 0.15) is 13.2 Å². The van der Waals surface area contributed by atoms with E-state index in [0.29, 0.717) is 19.6 Å². The quantitative estimate of drug-likeness (QED) is 0.774. The number of amides is 1. The second-order valence-electron chi connectivity index (χ2n) is 6.84. The highest BCUT2D eigenvalue weighted by atomic mass is 16.6. The Morgan fingerprint density at radius 3 is 2.52 bits per heavy atom. The van der Waals surface area contributed by atoms with Gasteiger partial charge in [0.2, 0.25) is 5.91 Å². The molecule has 0 aliphatic carbocycles. The molecule has 0 atom stereocenters. The number of nitrogens with zero attached hydrogens (tertiary/aromatic N) is 1. The van der Waals surface area contributed by atoms with Gasteiger partial charge in [0.15, 0.2) is 11.5 Å². The van der Waals surface area contributed by atoms with Crippen LogP contribution in [-0.2, 0) is 11.2 Å². The van der Waals surface area contributed by atoms with Crippen LogP contribution in [0.5, 0.6) is 11.5 Å². The zero-order chi connectivity index (χ0) is 19.0. The van der Waals surface area contributed by atoms with Gasteiger partial charge in [-0.3, -0.25) is 4.79 Å². The maximum absolute atomic E-state index is 11.7. The van der Waals surface area contributed by atoms with Crippen molar-refractivity contribution in [3.8, 4) is 22.8 Å². The van der Waals surface area contributed by atoms with E-state index in [-0.39, 0.29) is 5.91 Å². The van der Waals surface area contributed by atoms with E-state index in [9.17, 15) is 4.79 Å². The molecule has 4 rings (SSSR count). The van der Waals surface area contributed by atoms with Gasteiger partial charge in [0.25, 0.3) is 0 Å². The molecule has 0 saturated carbocycles. The topological polar surface area (TPSA) is 60.5 Å². The Hall–Kier alpha value is -3.08. The second-order valence-corrected chi connectivity index (χ2v) is 6.84. The molecule has 0 fully saturated rings. The summed E-state index contributed by atoms with van der Waals surface area (Å²) in [4.78, 5) is 16.6. The van der Waals surface area contributed by atoms with E-state index in [1.165, 1.54) is 0 Å². The number of nitrogens with one attached hydrogen (secondary N) is 1. The molecule has 5 nitrogen and oxygen atoms in total. The van der Waals surface area contributed by atoms with Crippen LogP contribution in [0.25, 0.3) is 22.2 Å². The summed E-state index contributed by atoms with van der Waals surface area (Å²) < 4.78 is 11.4. The van der Waals surface area contributed by atoms with Crippen molar-refractivity contribution in [2.45, 2.75) is 20.3 Å². The number of hydrogen-bond acceptors (Lipinski definition) is 4. The van der Waals surface area contributed by atoms with E-state index in [0.717, 1.165) is 50.3 Å². The van der Waals surface area contributed by atoms with Crippen LogP contribution in [0.3, 0.4) is 0 Å². The standard InChI is InChI=1S/C22H22N2O3/c1-13-8-18(17-12-21-20(9-14(17)2)26-6-7-27-21)24-19-10-15(4-5-16(13)19)11-22(25)23-3/h4-5,8-10,12H,6-7,11H2,1-3H3,(H,23,25). The fraction of sp³-hybridized carbons (Fsp3) is 0.273. The highest BCUT2D eigenvalue weighted by Crippen LogP contribution is 2.37. The molecule has 0 saturated heterocycles. The average Bonchev–Trinajstić information content (AvgIpc) is 2.67. The molecule has 1 amide bonds. The zero-order valence-corrected chi connectivity index (χ0v) is 15.8. The first kappa shape index (κ1) is 17.3. The van der Waals surface area contributed by atoms with E-state index >= 15 is 0 Å². The summed E-state index contributed by atoms with van der Waals surface area (Å²) in [7, 11) is 1.65.